The van der Waals surface area contributed by atoms with Crippen LogP contribution in [0.25, 0.3) is 0 Å². The molecule has 1 aromatic heterocycles. The summed E-state index contributed by atoms with van der Waals surface area (Å²) in [5.74, 6) is 0.471. The molecule has 0 bridgehead atoms. The summed E-state index contributed by atoms with van der Waals surface area (Å²) in [5.41, 5.74) is 3.24. The lowest BCUT2D eigenvalue weighted by atomic mass is 10.1. The summed E-state index contributed by atoms with van der Waals surface area (Å²) in [6.45, 7) is 7.29. The molecule has 0 atom stereocenters. The van der Waals surface area contributed by atoms with Gasteiger partial charge >= 0.3 is 0 Å². The lowest BCUT2D eigenvalue weighted by Crippen LogP contribution is -2.14. The zero-order chi connectivity index (χ0) is 15.9. The molecule has 22 heavy (non-hydrogen) atoms. The van der Waals surface area contributed by atoms with Crippen molar-refractivity contribution in [3.63, 3.8) is 0 Å². The van der Waals surface area contributed by atoms with E-state index in [2.05, 4.69) is 29.5 Å². The van der Waals surface area contributed by atoms with Gasteiger partial charge in [0.1, 0.15) is 5.69 Å². The van der Waals surface area contributed by atoms with Gasteiger partial charge in [0.2, 0.25) is 0 Å². The minimum atomic E-state index is -0.195. The van der Waals surface area contributed by atoms with Crippen molar-refractivity contribution in [1.29, 1.82) is 0 Å². The van der Waals surface area contributed by atoms with Crippen LogP contribution in [-0.2, 0) is 0 Å². The molecule has 0 aliphatic heterocycles. The third-order valence-corrected chi connectivity index (χ3v) is 3.32. The molecule has 0 aliphatic rings. The molecule has 116 valence electrons. The maximum Gasteiger partial charge on any atom is 0.274 e. The maximum atomic E-state index is 12.1. The Morgan fingerprint density at radius 1 is 1.18 bits per heavy atom. The predicted octanol–water partition coefficient (Wildman–Crippen LogP) is 4.10. The molecule has 1 aromatic carbocycles. The number of pyridine rings is 1. The minimum Gasteiger partial charge on any atom is -0.384 e. The molecule has 0 spiro atoms. The number of aryl methyl sites for hydroxylation is 1. The normalized spacial score (nSPS) is 10.5. The Morgan fingerprint density at radius 2 is 2.00 bits per heavy atom. The summed E-state index contributed by atoms with van der Waals surface area (Å²) in [6.07, 6.45) is 2.81. The zero-order valence-corrected chi connectivity index (χ0v) is 13.4. The molecule has 1 amide bonds. The van der Waals surface area contributed by atoms with Crippen LogP contribution in [0.2, 0.25) is 0 Å². The number of amides is 1. The molecule has 0 unspecified atom stereocenters. The molecule has 2 N–H and O–H groups in total. The van der Waals surface area contributed by atoms with E-state index in [1.807, 2.05) is 37.3 Å². The Balaban J connectivity index is 1.93. The molecule has 0 radical (unpaired) electrons. The van der Waals surface area contributed by atoms with Crippen molar-refractivity contribution in [2.45, 2.75) is 27.2 Å². The number of carbonyl (C=O) groups excluding carboxylic acids is 1. The van der Waals surface area contributed by atoms with Gasteiger partial charge in [0.15, 0.2) is 0 Å². The third kappa shape index (κ3) is 4.88. The average molecular weight is 297 g/mol. The van der Waals surface area contributed by atoms with Crippen molar-refractivity contribution in [3.05, 3.63) is 53.9 Å². The Kier molecular flexibility index (Phi) is 5.53. The fourth-order valence-corrected chi connectivity index (χ4v) is 2.06. The number of carbonyl (C=O) groups is 1. The van der Waals surface area contributed by atoms with Crippen LogP contribution in [-0.4, -0.2) is 17.4 Å². The Labute approximate surface area is 132 Å². The van der Waals surface area contributed by atoms with Gasteiger partial charge in [-0.25, -0.2) is 4.98 Å². The van der Waals surface area contributed by atoms with Crippen LogP contribution in [0.1, 0.15) is 36.3 Å². The largest absolute Gasteiger partial charge is 0.384 e. The molecular formula is C18H23N3O. The predicted molar refractivity (Wildman–Crippen MR) is 91.3 cm³/mol. The van der Waals surface area contributed by atoms with Crippen LogP contribution < -0.4 is 10.6 Å². The van der Waals surface area contributed by atoms with Gasteiger partial charge in [-0.05, 0) is 49.1 Å². The fourth-order valence-electron chi connectivity index (χ4n) is 2.06. The van der Waals surface area contributed by atoms with Crippen LogP contribution in [0.5, 0.6) is 0 Å². The van der Waals surface area contributed by atoms with Crippen molar-refractivity contribution in [2.75, 3.05) is 17.2 Å². The number of nitrogens with zero attached hydrogens (tertiary/aromatic N) is 1. The summed E-state index contributed by atoms with van der Waals surface area (Å²) in [7, 11) is 0. The molecule has 0 saturated carbocycles. The Bertz CT molecular complexity index is 620. The van der Waals surface area contributed by atoms with Crippen LogP contribution >= 0.6 is 0 Å². The lowest BCUT2D eigenvalue weighted by molar-refractivity contribution is 0.102. The fraction of sp³-hybridized carbons (Fsp3) is 0.333. The highest BCUT2D eigenvalue weighted by Crippen LogP contribution is 2.12. The second kappa shape index (κ2) is 7.59. The maximum absolute atomic E-state index is 12.1. The minimum absolute atomic E-state index is 0.195. The first-order chi connectivity index (χ1) is 10.5. The highest BCUT2D eigenvalue weighted by molar-refractivity contribution is 6.02. The molecule has 0 saturated heterocycles. The number of rotatable bonds is 6. The van der Waals surface area contributed by atoms with Crippen LogP contribution in [0.3, 0.4) is 0 Å². The van der Waals surface area contributed by atoms with Crippen molar-refractivity contribution < 1.29 is 4.79 Å². The second-order valence-corrected chi connectivity index (χ2v) is 5.87. The lowest BCUT2D eigenvalue weighted by Gasteiger charge is -2.09. The Hall–Kier alpha value is -2.36. The SMILES string of the molecule is Cc1cccc(NC(=O)c2ccc(NCCC(C)C)cn2)c1. The van der Waals surface area contributed by atoms with E-state index in [1.54, 1.807) is 12.3 Å². The molecular weight excluding hydrogens is 274 g/mol. The van der Waals surface area contributed by atoms with Crippen LogP contribution in [0.4, 0.5) is 11.4 Å². The standard InChI is InChI=1S/C18H23N3O/c1-13(2)9-10-19-16-7-8-17(20-12-16)18(22)21-15-6-4-5-14(3)11-15/h4-8,11-13,19H,9-10H2,1-3H3,(H,21,22). The number of benzene rings is 1. The van der Waals surface area contributed by atoms with Crippen LogP contribution in [0, 0.1) is 12.8 Å². The first kappa shape index (κ1) is 16.0. The second-order valence-electron chi connectivity index (χ2n) is 5.87. The summed E-state index contributed by atoms with van der Waals surface area (Å²) < 4.78 is 0. The zero-order valence-electron chi connectivity index (χ0n) is 13.4. The number of aromatic nitrogens is 1. The van der Waals surface area contributed by atoms with E-state index in [-0.39, 0.29) is 5.91 Å². The van der Waals surface area contributed by atoms with E-state index >= 15 is 0 Å². The van der Waals surface area contributed by atoms with Gasteiger partial charge in [0.25, 0.3) is 5.91 Å². The topological polar surface area (TPSA) is 54.0 Å². The van der Waals surface area contributed by atoms with Crippen molar-refractivity contribution >= 4 is 17.3 Å². The molecule has 1 heterocycles. The van der Waals surface area contributed by atoms with E-state index in [0.29, 0.717) is 11.6 Å². The summed E-state index contributed by atoms with van der Waals surface area (Å²) in [4.78, 5) is 16.4. The van der Waals surface area contributed by atoms with E-state index < -0.39 is 0 Å². The van der Waals surface area contributed by atoms with E-state index in [1.165, 1.54) is 0 Å². The van der Waals surface area contributed by atoms with Gasteiger partial charge < -0.3 is 10.6 Å². The van der Waals surface area contributed by atoms with Gasteiger partial charge in [0.05, 0.1) is 11.9 Å². The quantitative estimate of drug-likeness (QED) is 0.844. The first-order valence-electron chi connectivity index (χ1n) is 7.62. The highest BCUT2D eigenvalue weighted by atomic mass is 16.1. The van der Waals surface area contributed by atoms with Gasteiger partial charge in [-0.1, -0.05) is 26.0 Å². The van der Waals surface area contributed by atoms with Gasteiger partial charge in [-0.2, -0.15) is 0 Å². The van der Waals surface area contributed by atoms with Crippen LogP contribution in [0.15, 0.2) is 42.6 Å². The monoisotopic (exact) mass is 297 g/mol. The molecule has 0 fully saturated rings. The summed E-state index contributed by atoms with van der Waals surface area (Å²) in [6, 6.07) is 11.3. The van der Waals surface area contributed by atoms with Gasteiger partial charge in [-0.15, -0.1) is 0 Å². The third-order valence-electron chi connectivity index (χ3n) is 3.32. The highest BCUT2D eigenvalue weighted by Gasteiger charge is 2.07. The van der Waals surface area contributed by atoms with Crippen molar-refractivity contribution in [2.24, 2.45) is 5.92 Å². The van der Waals surface area contributed by atoms with Gasteiger partial charge in [0, 0.05) is 12.2 Å². The van der Waals surface area contributed by atoms with Crippen molar-refractivity contribution in [3.8, 4) is 0 Å². The Morgan fingerprint density at radius 3 is 2.64 bits per heavy atom. The van der Waals surface area contributed by atoms with Gasteiger partial charge in [-0.3, -0.25) is 4.79 Å². The molecule has 4 nitrogen and oxygen atoms in total. The summed E-state index contributed by atoms with van der Waals surface area (Å²) >= 11 is 0. The van der Waals surface area contributed by atoms with E-state index in [4.69, 9.17) is 0 Å². The molecule has 4 heteroatoms. The number of nitrogens with one attached hydrogen (secondary N) is 2. The average Bonchev–Trinajstić information content (AvgIpc) is 2.47. The molecule has 2 rings (SSSR count). The molecule has 2 aromatic rings. The number of hydrogen-bond donors (Lipinski definition) is 2. The number of hydrogen-bond acceptors (Lipinski definition) is 3. The van der Waals surface area contributed by atoms with Crippen molar-refractivity contribution in [1.82, 2.24) is 4.98 Å². The first-order valence-corrected chi connectivity index (χ1v) is 7.62. The van der Waals surface area contributed by atoms with E-state index in [0.717, 1.165) is 29.9 Å². The smallest absolute Gasteiger partial charge is 0.274 e. The molecule has 0 aliphatic carbocycles. The van der Waals surface area contributed by atoms with E-state index in [9.17, 15) is 4.79 Å². The number of anilines is 2. The summed E-state index contributed by atoms with van der Waals surface area (Å²) in [5, 5.41) is 6.16.